The Bertz CT molecular complexity index is 3810. The molecule has 5 nitrogen and oxygen atoms in total. The van der Waals surface area contributed by atoms with Crippen molar-refractivity contribution in [2.24, 2.45) is 0 Å². The van der Waals surface area contributed by atoms with E-state index in [-0.39, 0.29) is 0 Å². The summed E-state index contributed by atoms with van der Waals surface area (Å²) in [6.07, 6.45) is 0. The molecule has 0 aliphatic rings. The van der Waals surface area contributed by atoms with E-state index in [0.29, 0.717) is 17.5 Å². The second-order valence-electron chi connectivity index (χ2n) is 16.0. The maximum Gasteiger partial charge on any atom is 0.164 e. The summed E-state index contributed by atoms with van der Waals surface area (Å²) in [7, 11) is 0. The fourth-order valence-electron chi connectivity index (χ4n) is 9.54. The van der Waals surface area contributed by atoms with Gasteiger partial charge in [0.1, 0.15) is 11.2 Å². The molecular weight excluding hydrogens is 757 g/mol. The number of hydrogen-bond acceptors (Lipinski definition) is 4. The number of rotatable bonds is 6. The van der Waals surface area contributed by atoms with Gasteiger partial charge in [-0.2, -0.15) is 0 Å². The van der Waals surface area contributed by atoms with E-state index >= 15 is 0 Å². The molecule has 13 aromatic rings. The van der Waals surface area contributed by atoms with Crippen molar-refractivity contribution in [1.82, 2.24) is 19.5 Å². The van der Waals surface area contributed by atoms with Gasteiger partial charge in [0.15, 0.2) is 17.5 Å². The first-order chi connectivity index (χ1) is 30.7. The third-order valence-corrected chi connectivity index (χ3v) is 12.4. The SMILES string of the molecule is c1ccc(-c2nc(-c3ccccc3)nc(-c3cccc(-c4cccc(-c5ccc6c(c5)c5ccccc5n6-c5cc6oc7cccc8c9ccccc9c(c5)c6c78)c4)c3)n2)cc1. The second-order valence-corrected chi connectivity index (χ2v) is 16.0. The van der Waals surface area contributed by atoms with Crippen LogP contribution in [-0.2, 0) is 0 Å². The number of para-hydroxylation sites is 1. The Labute approximate surface area is 356 Å². The lowest BCUT2D eigenvalue weighted by molar-refractivity contribution is 0.669. The zero-order valence-corrected chi connectivity index (χ0v) is 33.3. The Morgan fingerprint density at radius 1 is 0.290 bits per heavy atom. The minimum absolute atomic E-state index is 0.635. The Morgan fingerprint density at radius 2 is 0.774 bits per heavy atom. The molecule has 0 N–H and O–H groups in total. The van der Waals surface area contributed by atoms with Crippen LogP contribution in [0.3, 0.4) is 0 Å². The van der Waals surface area contributed by atoms with E-state index < -0.39 is 0 Å². The highest BCUT2D eigenvalue weighted by molar-refractivity contribution is 6.33. The van der Waals surface area contributed by atoms with Gasteiger partial charge in [0, 0.05) is 44.3 Å². The molecule has 0 aliphatic heterocycles. The number of hydrogen-bond donors (Lipinski definition) is 0. The van der Waals surface area contributed by atoms with Crippen LogP contribution in [0, 0.1) is 0 Å². The first-order valence-corrected chi connectivity index (χ1v) is 20.9. The standard InChI is InChI=1S/C57H34N4O/c1-3-14-35(15-4-1)55-58-56(36-16-5-2-6-17-36)60-57(59-55)41-21-12-20-39(31-41)37-18-11-19-38(30-37)40-28-29-50-47(32-40)45-24-9-10-26-49(45)61(50)42-33-48-44-23-8-7-22-43(44)46-25-13-27-51-53(46)54(48)52(34-42)62-51/h1-34H. The quantitative estimate of drug-likeness (QED) is 0.157. The maximum absolute atomic E-state index is 6.63. The summed E-state index contributed by atoms with van der Waals surface area (Å²) in [5, 5.41) is 9.70. The second kappa shape index (κ2) is 13.6. The van der Waals surface area contributed by atoms with Gasteiger partial charge < -0.3 is 8.98 Å². The first kappa shape index (κ1) is 34.5. The van der Waals surface area contributed by atoms with Crippen LogP contribution in [0.5, 0.6) is 0 Å². The van der Waals surface area contributed by atoms with E-state index in [2.05, 4.69) is 150 Å². The molecule has 0 saturated carbocycles. The summed E-state index contributed by atoms with van der Waals surface area (Å²) in [5.74, 6) is 1.93. The molecule has 0 aliphatic carbocycles. The molecule has 0 atom stereocenters. The average Bonchev–Trinajstić information content (AvgIpc) is 3.90. The lowest BCUT2D eigenvalue weighted by atomic mass is 9.94. The maximum atomic E-state index is 6.63. The Balaban J connectivity index is 0.919. The van der Waals surface area contributed by atoms with Gasteiger partial charge in [0.2, 0.25) is 0 Å². The highest BCUT2D eigenvalue weighted by Crippen LogP contribution is 2.45. The van der Waals surface area contributed by atoms with Gasteiger partial charge in [-0.25, -0.2) is 15.0 Å². The van der Waals surface area contributed by atoms with Crippen molar-refractivity contribution in [3.63, 3.8) is 0 Å². The molecule has 3 heterocycles. The van der Waals surface area contributed by atoms with Crippen LogP contribution >= 0.6 is 0 Å². The van der Waals surface area contributed by atoms with Gasteiger partial charge in [0.05, 0.1) is 16.7 Å². The Hall–Kier alpha value is -8.41. The van der Waals surface area contributed by atoms with Crippen LogP contribution in [0.2, 0.25) is 0 Å². The molecule has 0 saturated heterocycles. The largest absolute Gasteiger partial charge is 0.456 e. The third-order valence-electron chi connectivity index (χ3n) is 12.4. The predicted octanol–water partition coefficient (Wildman–Crippen LogP) is 14.9. The minimum Gasteiger partial charge on any atom is -0.456 e. The summed E-state index contributed by atoms with van der Waals surface area (Å²) < 4.78 is 9.02. The highest BCUT2D eigenvalue weighted by Gasteiger charge is 2.21. The van der Waals surface area contributed by atoms with Gasteiger partial charge in [-0.3, -0.25) is 0 Å². The van der Waals surface area contributed by atoms with Gasteiger partial charge >= 0.3 is 0 Å². The predicted molar refractivity (Wildman–Crippen MR) is 255 cm³/mol. The topological polar surface area (TPSA) is 56.7 Å². The molecule has 62 heavy (non-hydrogen) atoms. The van der Waals surface area contributed by atoms with Crippen LogP contribution in [0.1, 0.15) is 0 Å². The summed E-state index contributed by atoms with van der Waals surface area (Å²) in [6.45, 7) is 0. The Morgan fingerprint density at radius 3 is 1.47 bits per heavy atom. The fraction of sp³-hybridized carbons (Fsp3) is 0. The molecule has 10 aromatic carbocycles. The smallest absolute Gasteiger partial charge is 0.164 e. The van der Waals surface area contributed by atoms with Crippen molar-refractivity contribution >= 4 is 65.3 Å². The lowest BCUT2D eigenvalue weighted by Gasteiger charge is -2.12. The zero-order valence-electron chi connectivity index (χ0n) is 33.3. The summed E-state index contributed by atoms with van der Waals surface area (Å²) in [4.78, 5) is 14.9. The number of fused-ring (bicyclic) bond motifs is 6. The van der Waals surface area contributed by atoms with E-state index in [9.17, 15) is 0 Å². The molecule has 13 rings (SSSR count). The fourth-order valence-corrected chi connectivity index (χ4v) is 9.54. The van der Waals surface area contributed by atoms with Crippen molar-refractivity contribution < 1.29 is 4.42 Å². The Kier molecular flexibility index (Phi) is 7.54. The molecule has 0 spiro atoms. The van der Waals surface area contributed by atoms with E-state index in [1.165, 1.54) is 43.1 Å². The number of aromatic nitrogens is 4. The molecule has 0 fully saturated rings. The molecule has 0 unspecified atom stereocenters. The molecule has 0 radical (unpaired) electrons. The first-order valence-electron chi connectivity index (χ1n) is 20.9. The van der Waals surface area contributed by atoms with Crippen molar-refractivity contribution in [2.45, 2.75) is 0 Å². The molecule has 0 bridgehead atoms. The van der Waals surface area contributed by atoms with Crippen molar-refractivity contribution in [1.29, 1.82) is 0 Å². The molecule has 3 aromatic heterocycles. The van der Waals surface area contributed by atoms with E-state index in [1.54, 1.807) is 0 Å². The third kappa shape index (κ3) is 5.38. The van der Waals surface area contributed by atoms with Crippen LogP contribution in [0.25, 0.3) is 127 Å². The summed E-state index contributed by atoms with van der Waals surface area (Å²) >= 11 is 0. The van der Waals surface area contributed by atoms with Crippen LogP contribution in [0.4, 0.5) is 0 Å². The van der Waals surface area contributed by atoms with Gasteiger partial charge in [-0.15, -0.1) is 0 Å². The van der Waals surface area contributed by atoms with Crippen LogP contribution in [-0.4, -0.2) is 19.5 Å². The molecule has 288 valence electrons. The molecule has 0 amide bonds. The molecule has 5 heteroatoms. The monoisotopic (exact) mass is 790 g/mol. The summed E-state index contributed by atoms with van der Waals surface area (Å²) in [5.41, 5.74) is 12.5. The van der Waals surface area contributed by atoms with Crippen LogP contribution < -0.4 is 0 Å². The van der Waals surface area contributed by atoms with E-state index in [4.69, 9.17) is 19.4 Å². The van der Waals surface area contributed by atoms with Crippen molar-refractivity contribution in [3.8, 4) is 62.1 Å². The number of benzene rings is 10. The van der Waals surface area contributed by atoms with Gasteiger partial charge in [-0.05, 0) is 86.3 Å². The highest BCUT2D eigenvalue weighted by atomic mass is 16.3. The van der Waals surface area contributed by atoms with Gasteiger partial charge in [0.25, 0.3) is 0 Å². The lowest BCUT2D eigenvalue weighted by Crippen LogP contribution is -2.00. The molecular formula is C57H34N4O. The zero-order chi connectivity index (χ0) is 40.7. The average molecular weight is 791 g/mol. The normalized spacial score (nSPS) is 11.9. The van der Waals surface area contributed by atoms with Crippen LogP contribution in [0.15, 0.2) is 211 Å². The van der Waals surface area contributed by atoms with Crippen molar-refractivity contribution in [3.05, 3.63) is 206 Å². The van der Waals surface area contributed by atoms with E-state index in [1.807, 2.05) is 60.7 Å². The van der Waals surface area contributed by atoms with Crippen molar-refractivity contribution in [2.75, 3.05) is 0 Å². The number of furan rings is 1. The number of nitrogens with zero attached hydrogens (tertiary/aromatic N) is 4. The van der Waals surface area contributed by atoms with Gasteiger partial charge in [-0.1, -0.05) is 158 Å². The minimum atomic E-state index is 0.635. The van der Waals surface area contributed by atoms with E-state index in [0.717, 1.165) is 66.8 Å². The summed E-state index contributed by atoms with van der Waals surface area (Å²) in [6, 6.07) is 72.8.